The summed E-state index contributed by atoms with van der Waals surface area (Å²) < 4.78 is 6.19. The van der Waals surface area contributed by atoms with Crippen LogP contribution in [-0.2, 0) is 0 Å². The van der Waals surface area contributed by atoms with E-state index < -0.39 is 0 Å². The van der Waals surface area contributed by atoms with Crippen molar-refractivity contribution in [2.45, 2.75) is 0 Å². The van der Waals surface area contributed by atoms with E-state index in [1.807, 2.05) is 66.7 Å². The van der Waals surface area contributed by atoms with Crippen molar-refractivity contribution in [2.24, 2.45) is 0 Å². The topological polar surface area (TPSA) is 38.9 Å². The molecule has 0 atom stereocenters. The Labute approximate surface area is 247 Å². The summed E-state index contributed by atoms with van der Waals surface area (Å²) in [6, 6.07) is 47.4. The normalized spacial score (nSPS) is 11.5. The third-order valence-electron chi connectivity index (χ3n) is 7.80. The van der Waals surface area contributed by atoms with E-state index in [2.05, 4.69) is 72.8 Å². The predicted octanol–water partition coefficient (Wildman–Crippen LogP) is 10.9. The largest absolute Gasteiger partial charge is 0.456 e. The number of rotatable bonds is 4. The maximum absolute atomic E-state index is 6.49. The van der Waals surface area contributed by atoms with Gasteiger partial charge in [0.1, 0.15) is 11.2 Å². The molecule has 2 heterocycles. The van der Waals surface area contributed by atoms with E-state index in [0.29, 0.717) is 5.82 Å². The molecule has 0 N–H and O–H groups in total. The second-order valence-corrected chi connectivity index (χ2v) is 10.8. The molecule has 0 saturated heterocycles. The first-order chi connectivity index (χ1) is 20.7. The van der Waals surface area contributed by atoms with E-state index in [4.69, 9.17) is 26.0 Å². The molecule has 6 aromatic carbocycles. The van der Waals surface area contributed by atoms with Crippen LogP contribution in [0.4, 0.5) is 0 Å². The van der Waals surface area contributed by atoms with Crippen LogP contribution in [0.25, 0.3) is 77.7 Å². The van der Waals surface area contributed by atoms with E-state index in [1.165, 1.54) is 0 Å². The lowest BCUT2D eigenvalue weighted by atomic mass is 9.97. The standard InChI is InChI=1S/C38H23ClN2O/c39-33-21-20-28(29-10-4-5-11-30(29)33)24-14-16-25(17-15-24)34-23-35(41-38(40-34)26-8-2-1-3-9-26)27-18-19-32-31-12-6-7-13-36(31)42-37(32)22-27/h1-23H. The smallest absolute Gasteiger partial charge is 0.160 e. The molecule has 0 aliphatic rings. The van der Waals surface area contributed by atoms with Crippen molar-refractivity contribution in [3.05, 3.63) is 145 Å². The average Bonchev–Trinajstić information content (AvgIpc) is 3.43. The van der Waals surface area contributed by atoms with Crippen LogP contribution in [0.15, 0.2) is 144 Å². The lowest BCUT2D eigenvalue weighted by Gasteiger charge is -2.11. The zero-order chi connectivity index (χ0) is 28.0. The van der Waals surface area contributed by atoms with Crippen molar-refractivity contribution in [3.8, 4) is 45.0 Å². The van der Waals surface area contributed by atoms with Gasteiger partial charge >= 0.3 is 0 Å². The molecule has 8 aromatic rings. The molecular weight excluding hydrogens is 536 g/mol. The number of para-hydroxylation sites is 1. The lowest BCUT2D eigenvalue weighted by molar-refractivity contribution is 0.669. The summed E-state index contributed by atoms with van der Waals surface area (Å²) in [5, 5.41) is 5.15. The average molecular weight is 559 g/mol. The zero-order valence-electron chi connectivity index (χ0n) is 22.5. The Morgan fingerprint density at radius 1 is 0.429 bits per heavy atom. The van der Waals surface area contributed by atoms with Crippen LogP contribution in [-0.4, -0.2) is 9.97 Å². The molecule has 0 aliphatic carbocycles. The van der Waals surface area contributed by atoms with Crippen LogP contribution in [0.5, 0.6) is 0 Å². The summed E-state index contributed by atoms with van der Waals surface area (Å²) in [5.41, 5.74) is 8.66. The molecule has 0 saturated carbocycles. The van der Waals surface area contributed by atoms with E-state index in [0.717, 1.165) is 76.9 Å². The minimum absolute atomic E-state index is 0.681. The molecule has 0 amide bonds. The van der Waals surface area contributed by atoms with E-state index in [-0.39, 0.29) is 0 Å². The third kappa shape index (κ3) is 4.23. The molecule has 0 fully saturated rings. The molecule has 42 heavy (non-hydrogen) atoms. The number of halogens is 1. The fourth-order valence-electron chi connectivity index (χ4n) is 5.68. The quantitative estimate of drug-likeness (QED) is 0.215. The summed E-state index contributed by atoms with van der Waals surface area (Å²) in [5.74, 6) is 0.681. The minimum Gasteiger partial charge on any atom is -0.456 e. The van der Waals surface area contributed by atoms with Gasteiger partial charge in [0, 0.05) is 37.9 Å². The first kappa shape index (κ1) is 24.5. The van der Waals surface area contributed by atoms with Gasteiger partial charge in [-0.15, -0.1) is 0 Å². The van der Waals surface area contributed by atoms with Crippen LogP contribution in [0.2, 0.25) is 5.02 Å². The van der Waals surface area contributed by atoms with Crippen molar-refractivity contribution < 1.29 is 4.42 Å². The van der Waals surface area contributed by atoms with Gasteiger partial charge in [0.15, 0.2) is 5.82 Å². The van der Waals surface area contributed by atoms with Gasteiger partial charge < -0.3 is 4.42 Å². The van der Waals surface area contributed by atoms with Gasteiger partial charge in [-0.1, -0.05) is 121 Å². The van der Waals surface area contributed by atoms with Gasteiger partial charge in [0.25, 0.3) is 0 Å². The van der Waals surface area contributed by atoms with Gasteiger partial charge in [-0.2, -0.15) is 0 Å². The molecular formula is C38H23ClN2O. The Bertz CT molecular complexity index is 2250. The first-order valence-electron chi connectivity index (χ1n) is 13.9. The highest BCUT2D eigenvalue weighted by atomic mass is 35.5. The number of hydrogen-bond acceptors (Lipinski definition) is 3. The van der Waals surface area contributed by atoms with Crippen molar-refractivity contribution in [3.63, 3.8) is 0 Å². The number of aromatic nitrogens is 2. The minimum atomic E-state index is 0.681. The summed E-state index contributed by atoms with van der Waals surface area (Å²) in [7, 11) is 0. The fraction of sp³-hybridized carbons (Fsp3) is 0. The van der Waals surface area contributed by atoms with E-state index in [9.17, 15) is 0 Å². The molecule has 4 heteroatoms. The summed E-state index contributed by atoms with van der Waals surface area (Å²) >= 11 is 6.49. The van der Waals surface area contributed by atoms with Crippen LogP contribution in [0.1, 0.15) is 0 Å². The SMILES string of the molecule is Clc1ccc(-c2ccc(-c3cc(-c4ccc5c(c4)oc4ccccc45)nc(-c4ccccc4)n3)cc2)c2ccccc12. The highest BCUT2D eigenvalue weighted by Crippen LogP contribution is 2.36. The molecule has 8 rings (SSSR count). The van der Waals surface area contributed by atoms with Gasteiger partial charge in [0.2, 0.25) is 0 Å². The predicted molar refractivity (Wildman–Crippen MR) is 174 cm³/mol. The summed E-state index contributed by atoms with van der Waals surface area (Å²) in [6.45, 7) is 0. The Morgan fingerprint density at radius 2 is 1.05 bits per heavy atom. The molecule has 0 radical (unpaired) electrons. The van der Waals surface area contributed by atoms with Crippen LogP contribution >= 0.6 is 11.6 Å². The molecule has 0 unspecified atom stereocenters. The molecule has 0 spiro atoms. The second-order valence-electron chi connectivity index (χ2n) is 10.4. The zero-order valence-corrected chi connectivity index (χ0v) is 23.2. The monoisotopic (exact) mass is 558 g/mol. The third-order valence-corrected chi connectivity index (χ3v) is 8.12. The molecule has 3 nitrogen and oxygen atoms in total. The van der Waals surface area contributed by atoms with Crippen LogP contribution in [0, 0.1) is 0 Å². The Balaban J connectivity index is 1.25. The molecule has 0 aliphatic heterocycles. The van der Waals surface area contributed by atoms with Gasteiger partial charge in [0.05, 0.1) is 11.4 Å². The van der Waals surface area contributed by atoms with Crippen molar-refractivity contribution >= 4 is 44.3 Å². The van der Waals surface area contributed by atoms with Crippen molar-refractivity contribution in [2.75, 3.05) is 0 Å². The number of hydrogen-bond donors (Lipinski definition) is 0. The molecule has 198 valence electrons. The fourth-order valence-corrected chi connectivity index (χ4v) is 5.91. The van der Waals surface area contributed by atoms with Gasteiger partial charge in [-0.25, -0.2) is 9.97 Å². The number of benzene rings is 6. The van der Waals surface area contributed by atoms with E-state index in [1.54, 1.807) is 0 Å². The van der Waals surface area contributed by atoms with Gasteiger partial charge in [-0.05, 0) is 46.8 Å². The Kier molecular flexibility index (Phi) is 5.83. The van der Waals surface area contributed by atoms with Crippen LogP contribution < -0.4 is 0 Å². The van der Waals surface area contributed by atoms with Crippen molar-refractivity contribution in [1.29, 1.82) is 0 Å². The van der Waals surface area contributed by atoms with E-state index >= 15 is 0 Å². The first-order valence-corrected chi connectivity index (χ1v) is 14.2. The van der Waals surface area contributed by atoms with Crippen LogP contribution in [0.3, 0.4) is 0 Å². The molecule has 0 bridgehead atoms. The lowest BCUT2D eigenvalue weighted by Crippen LogP contribution is -1.96. The van der Waals surface area contributed by atoms with Gasteiger partial charge in [-0.3, -0.25) is 0 Å². The summed E-state index contributed by atoms with van der Waals surface area (Å²) in [4.78, 5) is 10.0. The summed E-state index contributed by atoms with van der Waals surface area (Å²) in [6.07, 6.45) is 0. The maximum Gasteiger partial charge on any atom is 0.160 e. The number of fused-ring (bicyclic) bond motifs is 4. The Morgan fingerprint density at radius 3 is 1.86 bits per heavy atom. The highest BCUT2D eigenvalue weighted by molar-refractivity contribution is 6.36. The number of nitrogens with zero attached hydrogens (tertiary/aromatic N) is 2. The van der Waals surface area contributed by atoms with Crippen molar-refractivity contribution in [1.82, 2.24) is 9.97 Å². The number of furan rings is 1. The maximum atomic E-state index is 6.49. The second kappa shape index (κ2) is 9.99. The highest BCUT2D eigenvalue weighted by Gasteiger charge is 2.14. The molecule has 2 aromatic heterocycles. The Hall–Kier alpha value is -5.25.